The fraction of sp³-hybridized carbons (Fsp3) is 0.625. The van der Waals surface area contributed by atoms with Crippen LogP contribution in [0.4, 0.5) is 0 Å². The molecule has 1 N–H and O–H groups in total. The Morgan fingerprint density at radius 1 is 1.19 bits per heavy atom. The highest BCUT2D eigenvalue weighted by molar-refractivity contribution is 9.10. The molecule has 118 valence electrons. The molecule has 1 atom stereocenters. The Kier molecular flexibility index (Phi) is 5.52. The normalized spacial score (nSPS) is 23.7. The van der Waals surface area contributed by atoms with E-state index < -0.39 is 5.60 Å². The molecule has 0 bridgehead atoms. The topological polar surface area (TPSA) is 41.9 Å². The summed E-state index contributed by atoms with van der Waals surface area (Å²) in [5, 5.41) is 10.2. The van der Waals surface area contributed by atoms with Crippen LogP contribution < -0.4 is 9.47 Å². The number of benzene rings is 1. The van der Waals surface area contributed by atoms with Crippen LogP contribution >= 0.6 is 15.9 Å². The van der Waals surface area contributed by atoms with E-state index in [1.807, 2.05) is 19.1 Å². The van der Waals surface area contributed by atoms with E-state index in [4.69, 9.17) is 9.47 Å². The Balaban J connectivity index is 2.14. The Hall–Kier alpha value is -0.780. The van der Waals surface area contributed by atoms with Crippen LogP contribution in [0.5, 0.6) is 11.5 Å². The van der Waals surface area contributed by atoms with Gasteiger partial charge in [-0.2, -0.15) is 0 Å². The van der Waals surface area contributed by atoms with E-state index in [1.54, 1.807) is 14.2 Å². The highest BCUT2D eigenvalue weighted by atomic mass is 79.9. The summed E-state index contributed by atoms with van der Waals surface area (Å²) >= 11 is 3.48. The maximum absolute atomic E-state index is 10.2. The predicted molar refractivity (Wildman–Crippen MR) is 87.0 cm³/mol. The molecule has 1 aliphatic rings. The fourth-order valence-electron chi connectivity index (χ4n) is 2.77. The molecule has 0 radical (unpaired) electrons. The zero-order valence-electron chi connectivity index (χ0n) is 13.0. The van der Waals surface area contributed by atoms with Crippen LogP contribution in [0.25, 0.3) is 0 Å². The van der Waals surface area contributed by atoms with Gasteiger partial charge in [0.05, 0.1) is 24.3 Å². The second-order valence-electron chi connectivity index (χ2n) is 5.93. The van der Waals surface area contributed by atoms with E-state index >= 15 is 0 Å². The molecule has 1 fully saturated rings. The number of rotatable bonds is 4. The molecule has 0 aromatic heterocycles. The number of aliphatic hydroxyl groups is 1. The van der Waals surface area contributed by atoms with E-state index in [0.717, 1.165) is 60.4 Å². The van der Waals surface area contributed by atoms with Crippen LogP contribution in [0.15, 0.2) is 16.6 Å². The van der Waals surface area contributed by atoms with Gasteiger partial charge in [0.15, 0.2) is 0 Å². The van der Waals surface area contributed by atoms with Crippen LogP contribution in [0.3, 0.4) is 0 Å². The van der Waals surface area contributed by atoms with Gasteiger partial charge in [0.2, 0.25) is 0 Å². The third kappa shape index (κ3) is 4.34. The molecule has 2 rings (SSSR count). The number of likely N-dealkylation sites (tertiary alicyclic amines) is 1. The van der Waals surface area contributed by atoms with E-state index in [2.05, 4.69) is 20.8 Å². The summed E-state index contributed by atoms with van der Waals surface area (Å²) in [4.78, 5) is 2.37. The van der Waals surface area contributed by atoms with Gasteiger partial charge in [-0.15, -0.1) is 0 Å². The van der Waals surface area contributed by atoms with Crippen molar-refractivity contribution in [2.45, 2.75) is 38.3 Å². The predicted octanol–water partition coefficient (Wildman–Crippen LogP) is 3.20. The third-order valence-electron chi connectivity index (χ3n) is 4.11. The van der Waals surface area contributed by atoms with Gasteiger partial charge in [-0.1, -0.05) is 0 Å². The van der Waals surface area contributed by atoms with Crippen molar-refractivity contribution in [2.75, 3.05) is 27.3 Å². The lowest BCUT2D eigenvalue weighted by Gasteiger charge is -2.23. The van der Waals surface area contributed by atoms with E-state index in [1.165, 1.54) is 0 Å². The minimum atomic E-state index is -0.532. The minimum Gasteiger partial charge on any atom is -0.496 e. The average molecular weight is 358 g/mol. The lowest BCUT2D eigenvalue weighted by atomic mass is 9.98. The van der Waals surface area contributed by atoms with Crippen molar-refractivity contribution in [1.29, 1.82) is 0 Å². The second-order valence-corrected chi connectivity index (χ2v) is 6.78. The van der Waals surface area contributed by atoms with Crippen LogP contribution in [-0.4, -0.2) is 42.9 Å². The molecular weight excluding hydrogens is 334 g/mol. The Morgan fingerprint density at radius 2 is 1.90 bits per heavy atom. The molecule has 1 aromatic rings. The summed E-state index contributed by atoms with van der Waals surface area (Å²) in [6.45, 7) is 4.63. The van der Waals surface area contributed by atoms with E-state index in [-0.39, 0.29) is 0 Å². The summed E-state index contributed by atoms with van der Waals surface area (Å²) in [5.74, 6) is 1.67. The van der Waals surface area contributed by atoms with Gasteiger partial charge in [-0.25, -0.2) is 0 Å². The summed E-state index contributed by atoms with van der Waals surface area (Å²) in [6, 6.07) is 3.97. The number of hydrogen-bond acceptors (Lipinski definition) is 4. The van der Waals surface area contributed by atoms with Gasteiger partial charge in [0.25, 0.3) is 0 Å². The van der Waals surface area contributed by atoms with Crippen LogP contribution in [0.2, 0.25) is 0 Å². The van der Waals surface area contributed by atoms with Crippen LogP contribution in [-0.2, 0) is 6.54 Å². The maximum atomic E-state index is 10.2. The van der Waals surface area contributed by atoms with Crippen molar-refractivity contribution in [3.8, 4) is 11.5 Å². The van der Waals surface area contributed by atoms with Crippen molar-refractivity contribution in [1.82, 2.24) is 4.90 Å². The first kappa shape index (κ1) is 16.6. The number of methoxy groups -OCH3 is 2. The molecule has 1 unspecified atom stereocenters. The second kappa shape index (κ2) is 6.99. The molecule has 4 nitrogen and oxygen atoms in total. The standard InChI is InChI=1S/C16H24BrNO3/c1-16(19)5-4-7-18(8-6-16)11-12-9-15(21-3)13(17)10-14(12)20-2/h9-10,19H,4-8,11H2,1-3H3. The van der Waals surface area contributed by atoms with Gasteiger partial charge in [0, 0.05) is 18.7 Å². The van der Waals surface area contributed by atoms with Crippen molar-refractivity contribution >= 4 is 15.9 Å². The Bertz CT molecular complexity index is 491. The van der Waals surface area contributed by atoms with Crippen LogP contribution in [0, 0.1) is 0 Å². The first-order valence-corrected chi connectivity index (χ1v) is 8.09. The lowest BCUT2D eigenvalue weighted by Crippen LogP contribution is -2.28. The SMILES string of the molecule is COc1cc(CN2CCCC(C)(O)CC2)c(OC)cc1Br. The third-order valence-corrected chi connectivity index (χ3v) is 4.72. The highest BCUT2D eigenvalue weighted by Gasteiger charge is 2.25. The molecule has 0 amide bonds. The fourth-order valence-corrected chi connectivity index (χ4v) is 3.25. The lowest BCUT2D eigenvalue weighted by molar-refractivity contribution is 0.0444. The number of ether oxygens (including phenoxy) is 2. The molecule has 0 aliphatic carbocycles. The van der Waals surface area contributed by atoms with E-state index in [0.29, 0.717) is 0 Å². The highest BCUT2D eigenvalue weighted by Crippen LogP contribution is 2.34. The Labute approximate surface area is 135 Å². The largest absolute Gasteiger partial charge is 0.496 e. The molecule has 1 heterocycles. The molecule has 1 aromatic carbocycles. The molecular formula is C16H24BrNO3. The first-order chi connectivity index (χ1) is 9.95. The maximum Gasteiger partial charge on any atom is 0.133 e. The quantitative estimate of drug-likeness (QED) is 0.898. The zero-order chi connectivity index (χ0) is 15.5. The first-order valence-electron chi connectivity index (χ1n) is 7.30. The molecule has 5 heteroatoms. The van der Waals surface area contributed by atoms with Crippen molar-refractivity contribution in [3.05, 3.63) is 22.2 Å². The smallest absolute Gasteiger partial charge is 0.133 e. The average Bonchev–Trinajstić information content (AvgIpc) is 2.61. The monoisotopic (exact) mass is 357 g/mol. The number of halogens is 1. The minimum absolute atomic E-state index is 0.532. The summed E-state index contributed by atoms with van der Waals surface area (Å²) in [6.07, 6.45) is 2.69. The van der Waals surface area contributed by atoms with Gasteiger partial charge in [0.1, 0.15) is 11.5 Å². The Morgan fingerprint density at radius 3 is 2.57 bits per heavy atom. The zero-order valence-corrected chi connectivity index (χ0v) is 14.6. The molecule has 21 heavy (non-hydrogen) atoms. The van der Waals surface area contributed by atoms with Crippen molar-refractivity contribution in [2.24, 2.45) is 0 Å². The van der Waals surface area contributed by atoms with Gasteiger partial charge in [-0.05, 0) is 60.8 Å². The summed E-state index contributed by atoms with van der Waals surface area (Å²) in [7, 11) is 3.35. The van der Waals surface area contributed by atoms with Gasteiger partial charge in [-0.3, -0.25) is 4.90 Å². The van der Waals surface area contributed by atoms with Crippen molar-refractivity contribution in [3.63, 3.8) is 0 Å². The van der Waals surface area contributed by atoms with Crippen molar-refractivity contribution < 1.29 is 14.6 Å². The molecule has 0 saturated carbocycles. The van der Waals surface area contributed by atoms with Gasteiger partial charge < -0.3 is 14.6 Å². The number of hydrogen-bond donors (Lipinski definition) is 1. The van der Waals surface area contributed by atoms with Gasteiger partial charge >= 0.3 is 0 Å². The summed E-state index contributed by atoms with van der Waals surface area (Å²) in [5.41, 5.74) is 0.579. The molecule has 1 aliphatic heterocycles. The molecule has 0 spiro atoms. The number of nitrogens with zero attached hydrogens (tertiary/aromatic N) is 1. The molecule has 1 saturated heterocycles. The van der Waals surface area contributed by atoms with E-state index in [9.17, 15) is 5.11 Å². The van der Waals surface area contributed by atoms with Crippen LogP contribution in [0.1, 0.15) is 31.7 Å². The summed E-state index contributed by atoms with van der Waals surface area (Å²) < 4.78 is 11.7.